The lowest BCUT2D eigenvalue weighted by atomic mass is 9.98. The minimum Gasteiger partial charge on any atom is -0.399 e. The average molecular weight is 435 g/mol. The summed E-state index contributed by atoms with van der Waals surface area (Å²) >= 11 is -0.750. The van der Waals surface area contributed by atoms with E-state index >= 15 is 0 Å². The number of rotatable bonds is 4. The number of aryl methyl sites for hydroxylation is 1. The van der Waals surface area contributed by atoms with Gasteiger partial charge in [0.15, 0.2) is 5.69 Å². The van der Waals surface area contributed by atoms with Gasteiger partial charge in [0.2, 0.25) is 0 Å². The average Bonchev–Trinajstić information content (AvgIpc) is 3.38. The summed E-state index contributed by atoms with van der Waals surface area (Å²) in [7, 11) is 0. The van der Waals surface area contributed by atoms with E-state index in [1.807, 2.05) is 25.1 Å². The number of hydrogen-bond acceptors (Lipinski definition) is 4. The van der Waals surface area contributed by atoms with Crippen LogP contribution in [-0.4, -0.2) is 18.2 Å². The third kappa shape index (κ3) is 5.15. The molecule has 1 aromatic heterocycles. The van der Waals surface area contributed by atoms with Crippen molar-refractivity contribution in [3.8, 4) is 16.9 Å². The molecular formula is C21H20F3N3O2S. The third-order valence-electron chi connectivity index (χ3n) is 4.99. The van der Waals surface area contributed by atoms with Crippen LogP contribution in [0.25, 0.3) is 16.9 Å². The molecular weight excluding hydrogens is 415 g/mol. The van der Waals surface area contributed by atoms with Gasteiger partial charge < -0.3 is 5.73 Å². The van der Waals surface area contributed by atoms with E-state index in [9.17, 15) is 13.2 Å². The largest absolute Gasteiger partial charge is 0.435 e. The first kappa shape index (κ1) is 21.8. The maximum atomic E-state index is 13.3. The highest BCUT2D eigenvalue weighted by Crippen LogP contribution is 2.36. The Morgan fingerprint density at radius 1 is 1.10 bits per heavy atom. The molecule has 5 nitrogen and oxygen atoms in total. The first-order valence-corrected chi connectivity index (χ1v) is 9.94. The third-order valence-corrected chi connectivity index (χ3v) is 4.99. The second-order valence-corrected chi connectivity index (χ2v) is 7.41. The van der Waals surface area contributed by atoms with Gasteiger partial charge in [0.1, 0.15) is 0 Å². The van der Waals surface area contributed by atoms with Crippen LogP contribution in [0.3, 0.4) is 0 Å². The summed E-state index contributed by atoms with van der Waals surface area (Å²) in [6.45, 7) is 2.04. The zero-order chi connectivity index (χ0) is 21.9. The topological polar surface area (TPSA) is 78.0 Å². The van der Waals surface area contributed by atoms with Gasteiger partial charge in [-0.3, -0.25) is 0 Å². The Bertz CT molecular complexity index is 1070. The van der Waals surface area contributed by atoms with Gasteiger partial charge in [0.25, 0.3) is 0 Å². The molecule has 158 valence electrons. The van der Waals surface area contributed by atoms with E-state index in [0.29, 0.717) is 23.0 Å². The summed E-state index contributed by atoms with van der Waals surface area (Å²) in [6.07, 6.45) is -1.08. The van der Waals surface area contributed by atoms with Crippen molar-refractivity contribution in [1.29, 1.82) is 0 Å². The van der Waals surface area contributed by atoms with Crippen molar-refractivity contribution in [2.75, 3.05) is 5.73 Å². The first-order valence-electron chi connectivity index (χ1n) is 9.27. The van der Waals surface area contributed by atoms with Crippen LogP contribution in [0.2, 0.25) is 0 Å². The van der Waals surface area contributed by atoms with Crippen molar-refractivity contribution in [2.24, 2.45) is 5.92 Å². The molecule has 0 spiro atoms. The van der Waals surface area contributed by atoms with Crippen LogP contribution in [0.4, 0.5) is 18.9 Å². The van der Waals surface area contributed by atoms with Gasteiger partial charge in [-0.15, -0.1) is 0 Å². The van der Waals surface area contributed by atoms with Gasteiger partial charge in [0, 0.05) is 11.3 Å². The lowest BCUT2D eigenvalue weighted by Gasteiger charge is -2.11. The summed E-state index contributed by atoms with van der Waals surface area (Å²) < 4.78 is 57.8. The van der Waals surface area contributed by atoms with E-state index < -0.39 is 23.4 Å². The van der Waals surface area contributed by atoms with Gasteiger partial charge in [-0.05, 0) is 79.6 Å². The Morgan fingerprint density at radius 3 is 2.30 bits per heavy atom. The number of nitrogens with zero attached hydrogens (tertiary/aromatic N) is 2. The van der Waals surface area contributed by atoms with Crippen LogP contribution in [0.15, 0.2) is 48.5 Å². The van der Waals surface area contributed by atoms with Crippen LogP contribution in [0.1, 0.15) is 29.7 Å². The van der Waals surface area contributed by atoms with Crippen molar-refractivity contribution >= 4 is 17.3 Å². The quantitative estimate of drug-likeness (QED) is 0.601. The van der Waals surface area contributed by atoms with Gasteiger partial charge in [0.05, 0.1) is 11.4 Å². The molecule has 9 heteroatoms. The van der Waals surface area contributed by atoms with Crippen LogP contribution in [0, 0.1) is 12.8 Å². The summed E-state index contributed by atoms with van der Waals surface area (Å²) in [5.74, 6) is 0.701. The van der Waals surface area contributed by atoms with E-state index in [1.54, 1.807) is 24.3 Å². The van der Waals surface area contributed by atoms with E-state index in [2.05, 4.69) is 5.10 Å². The predicted molar refractivity (Wildman–Crippen MR) is 108 cm³/mol. The Labute approximate surface area is 175 Å². The second-order valence-electron chi connectivity index (χ2n) is 7.27. The molecule has 0 aliphatic heterocycles. The fraction of sp³-hybridized carbons (Fsp3) is 0.286. The second kappa shape index (κ2) is 8.83. The molecule has 0 unspecified atom stereocenters. The van der Waals surface area contributed by atoms with Gasteiger partial charge in [-0.2, -0.15) is 26.7 Å². The van der Waals surface area contributed by atoms with Crippen molar-refractivity contribution in [2.45, 2.75) is 32.4 Å². The minimum absolute atomic E-state index is 0.421. The molecule has 1 saturated carbocycles. The summed E-state index contributed by atoms with van der Waals surface area (Å²) in [4.78, 5) is 0. The molecule has 0 atom stereocenters. The highest BCUT2D eigenvalue weighted by atomic mass is 32.1. The number of alkyl halides is 3. The number of benzene rings is 2. The van der Waals surface area contributed by atoms with E-state index in [0.717, 1.165) is 18.1 Å². The molecule has 0 bridgehead atoms. The molecule has 0 saturated heterocycles. The molecule has 1 aliphatic carbocycles. The molecule has 0 amide bonds. The van der Waals surface area contributed by atoms with Crippen LogP contribution in [-0.2, 0) is 24.2 Å². The summed E-state index contributed by atoms with van der Waals surface area (Å²) in [5.41, 5.74) is 9.40. The molecule has 1 aliphatic rings. The van der Waals surface area contributed by atoms with E-state index in [-0.39, 0.29) is 0 Å². The fourth-order valence-electron chi connectivity index (χ4n) is 3.22. The van der Waals surface area contributed by atoms with Crippen molar-refractivity contribution < 1.29 is 21.6 Å². The SMILES string of the molecule is Cc1ccc(-c2cc(C(F)(F)F)nn2-c2ccc(N)cc2)cc1CC1CC1.O=S=O. The van der Waals surface area contributed by atoms with Crippen LogP contribution in [0.5, 0.6) is 0 Å². The maximum absolute atomic E-state index is 13.3. The maximum Gasteiger partial charge on any atom is 0.435 e. The number of hydrogen-bond donors (Lipinski definition) is 1. The van der Waals surface area contributed by atoms with Crippen molar-refractivity contribution in [1.82, 2.24) is 9.78 Å². The van der Waals surface area contributed by atoms with Gasteiger partial charge in [-0.1, -0.05) is 12.1 Å². The van der Waals surface area contributed by atoms with Crippen LogP contribution < -0.4 is 5.73 Å². The molecule has 0 radical (unpaired) electrons. The van der Waals surface area contributed by atoms with E-state index in [1.165, 1.54) is 28.7 Å². The number of nitrogens with two attached hydrogens (primary N) is 1. The predicted octanol–water partition coefficient (Wildman–Crippen LogP) is 4.73. The highest BCUT2D eigenvalue weighted by Gasteiger charge is 2.35. The highest BCUT2D eigenvalue weighted by molar-refractivity contribution is 7.51. The van der Waals surface area contributed by atoms with E-state index in [4.69, 9.17) is 14.2 Å². The lowest BCUT2D eigenvalue weighted by molar-refractivity contribution is -0.141. The Balaban J connectivity index is 0.000000806. The Hall–Kier alpha value is -2.94. The first-order chi connectivity index (χ1) is 14.2. The fourth-order valence-corrected chi connectivity index (χ4v) is 3.22. The van der Waals surface area contributed by atoms with Crippen molar-refractivity contribution in [3.05, 3.63) is 65.4 Å². The van der Waals surface area contributed by atoms with Crippen molar-refractivity contribution in [3.63, 3.8) is 0 Å². The zero-order valence-electron chi connectivity index (χ0n) is 16.1. The molecule has 2 aromatic carbocycles. The normalized spacial score (nSPS) is 13.5. The molecule has 30 heavy (non-hydrogen) atoms. The Morgan fingerprint density at radius 2 is 1.73 bits per heavy atom. The molecule has 3 aromatic rings. The molecule has 2 N–H and O–H groups in total. The lowest BCUT2D eigenvalue weighted by Crippen LogP contribution is -2.07. The number of aromatic nitrogens is 2. The summed E-state index contributed by atoms with van der Waals surface area (Å²) in [6, 6.07) is 13.6. The zero-order valence-corrected chi connectivity index (χ0v) is 17.0. The minimum atomic E-state index is -4.50. The summed E-state index contributed by atoms with van der Waals surface area (Å²) in [5, 5.41) is 3.83. The molecule has 1 fully saturated rings. The number of nitrogen functional groups attached to an aromatic ring is 1. The number of anilines is 1. The molecule has 1 heterocycles. The monoisotopic (exact) mass is 435 g/mol. The number of halogens is 3. The van der Waals surface area contributed by atoms with Crippen LogP contribution >= 0.6 is 0 Å². The Kier molecular flexibility index (Phi) is 6.40. The smallest absolute Gasteiger partial charge is 0.399 e. The standard InChI is InChI=1S/C21H20F3N3.O2S/c1-13-2-5-15(11-16(13)10-14-3-4-14)19-12-20(21(22,23)24)26-27(19)18-8-6-17(25)7-9-18;1-3-2/h2,5-9,11-12,14H,3-4,10,25H2,1H3;. The molecule has 4 rings (SSSR count). The van der Waals surface area contributed by atoms with Gasteiger partial charge >= 0.3 is 17.7 Å². The van der Waals surface area contributed by atoms with Gasteiger partial charge in [-0.25, -0.2) is 4.68 Å².